The van der Waals surface area contributed by atoms with Crippen LogP contribution < -0.4 is 5.73 Å². The summed E-state index contributed by atoms with van der Waals surface area (Å²) in [6, 6.07) is 11.3. The van der Waals surface area contributed by atoms with Gasteiger partial charge in [-0.25, -0.2) is 9.97 Å². The summed E-state index contributed by atoms with van der Waals surface area (Å²) < 4.78 is 1.56. The standard InChI is InChI=1S/C20H21N5O2/c1-13-6-5-9-24(11-13)20(27)16-10-15(14-7-3-2-4-8-14)23-19-17(18(21)26)22-12-25(16)19/h2-4,7-8,10,12-13H,5-6,9,11H2,1H3,(H2,21,26)/t13-/m0/s1. The summed E-state index contributed by atoms with van der Waals surface area (Å²) in [6.07, 6.45) is 3.56. The van der Waals surface area contributed by atoms with Gasteiger partial charge in [0.05, 0.1) is 5.69 Å². The molecule has 0 bridgehead atoms. The van der Waals surface area contributed by atoms with Crippen molar-refractivity contribution in [1.82, 2.24) is 19.3 Å². The highest BCUT2D eigenvalue weighted by atomic mass is 16.2. The Morgan fingerprint density at radius 1 is 1.22 bits per heavy atom. The van der Waals surface area contributed by atoms with Gasteiger partial charge in [0.2, 0.25) is 0 Å². The van der Waals surface area contributed by atoms with Gasteiger partial charge in [-0.3, -0.25) is 14.0 Å². The summed E-state index contributed by atoms with van der Waals surface area (Å²) in [5.74, 6) is -0.280. The molecule has 2 amide bonds. The van der Waals surface area contributed by atoms with Crippen LogP contribution in [0.3, 0.4) is 0 Å². The molecule has 138 valence electrons. The van der Waals surface area contributed by atoms with E-state index in [1.165, 1.54) is 6.33 Å². The van der Waals surface area contributed by atoms with Crippen molar-refractivity contribution >= 4 is 17.5 Å². The minimum Gasteiger partial charge on any atom is -0.364 e. The third-order valence-electron chi connectivity index (χ3n) is 4.97. The average Bonchev–Trinajstić information content (AvgIpc) is 3.11. The number of carbonyl (C=O) groups is 2. The maximum Gasteiger partial charge on any atom is 0.271 e. The van der Waals surface area contributed by atoms with Crippen LogP contribution in [0.2, 0.25) is 0 Å². The first-order valence-corrected chi connectivity index (χ1v) is 9.07. The van der Waals surface area contributed by atoms with Gasteiger partial charge in [-0.15, -0.1) is 0 Å². The van der Waals surface area contributed by atoms with E-state index in [0.29, 0.717) is 23.0 Å². The Balaban J connectivity index is 1.88. The van der Waals surface area contributed by atoms with Gasteiger partial charge in [0.1, 0.15) is 12.0 Å². The van der Waals surface area contributed by atoms with Gasteiger partial charge in [-0.1, -0.05) is 37.3 Å². The molecule has 1 atom stereocenters. The van der Waals surface area contributed by atoms with E-state index in [9.17, 15) is 9.59 Å². The van der Waals surface area contributed by atoms with E-state index < -0.39 is 5.91 Å². The SMILES string of the molecule is C[C@H]1CCCN(C(=O)c2cc(-c3ccccc3)nc3c(C(N)=O)ncn23)C1. The lowest BCUT2D eigenvalue weighted by Crippen LogP contribution is -2.39. The molecule has 0 spiro atoms. The fraction of sp³-hybridized carbons (Fsp3) is 0.300. The fourth-order valence-corrected chi connectivity index (χ4v) is 3.60. The Kier molecular flexibility index (Phi) is 4.35. The molecule has 27 heavy (non-hydrogen) atoms. The summed E-state index contributed by atoms with van der Waals surface area (Å²) in [7, 11) is 0. The van der Waals surface area contributed by atoms with Crippen molar-refractivity contribution in [3.05, 3.63) is 54.1 Å². The van der Waals surface area contributed by atoms with E-state index in [1.807, 2.05) is 35.2 Å². The molecule has 7 heteroatoms. The predicted molar refractivity (Wildman–Crippen MR) is 101 cm³/mol. The third kappa shape index (κ3) is 3.16. The van der Waals surface area contributed by atoms with Crippen molar-refractivity contribution in [1.29, 1.82) is 0 Å². The highest BCUT2D eigenvalue weighted by molar-refractivity contribution is 5.99. The molecule has 1 aliphatic heterocycles. The molecule has 3 aromatic rings. The molecule has 7 nitrogen and oxygen atoms in total. The Morgan fingerprint density at radius 2 is 2.00 bits per heavy atom. The highest BCUT2D eigenvalue weighted by Gasteiger charge is 2.26. The molecular formula is C20H21N5O2. The Morgan fingerprint density at radius 3 is 2.70 bits per heavy atom. The number of aromatic nitrogens is 3. The summed E-state index contributed by atoms with van der Waals surface area (Å²) in [6.45, 7) is 3.60. The van der Waals surface area contributed by atoms with Crippen LogP contribution in [0.4, 0.5) is 0 Å². The normalized spacial score (nSPS) is 17.2. The van der Waals surface area contributed by atoms with Crippen molar-refractivity contribution in [2.75, 3.05) is 13.1 Å². The number of hydrogen-bond donors (Lipinski definition) is 1. The number of imidazole rings is 1. The second-order valence-electron chi connectivity index (χ2n) is 7.04. The van der Waals surface area contributed by atoms with Crippen LogP contribution in [0.25, 0.3) is 16.9 Å². The Bertz CT molecular complexity index is 1010. The summed E-state index contributed by atoms with van der Waals surface area (Å²) in [5, 5.41) is 0. The van der Waals surface area contributed by atoms with Crippen LogP contribution in [-0.2, 0) is 0 Å². The summed E-state index contributed by atoms with van der Waals surface area (Å²) in [4.78, 5) is 35.5. The molecule has 0 saturated carbocycles. The van der Waals surface area contributed by atoms with Crippen molar-refractivity contribution in [3.63, 3.8) is 0 Å². The number of fused-ring (bicyclic) bond motifs is 1. The number of benzene rings is 1. The van der Waals surface area contributed by atoms with E-state index in [0.717, 1.165) is 31.5 Å². The second kappa shape index (κ2) is 6.83. The molecule has 1 fully saturated rings. The van der Waals surface area contributed by atoms with Crippen LogP contribution >= 0.6 is 0 Å². The molecule has 0 aliphatic carbocycles. The second-order valence-corrected chi connectivity index (χ2v) is 7.04. The lowest BCUT2D eigenvalue weighted by molar-refractivity contribution is 0.0675. The van der Waals surface area contributed by atoms with Crippen LogP contribution in [0.5, 0.6) is 0 Å². The van der Waals surface area contributed by atoms with Crippen molar-refractivity contribution in [2.24, 2.45) is 11.7 Å². The van der Waals surface area contributed by atoms with E-state index in [-0.39, 0.29) is 11.6 Å². The molecule has 1 aromatic carbocycles. The van der Waals surface area contributed by atoms with Crippen molar-refractivity contribution < 1.29 is 9.59 Å². The molecule has 3 heterocycles. The summed E-state index contributed by atoms with van der Waals surface area (Å²) >= 11 is 0. The number of hydrogen-bond acceptors (Lipinski definition) is 4. The molecule has 2 aromatic heterocycles. The maximum absolute atomic E-state index is 13.3. The van der Waals surface area contributed by atoms with Gasteiger partial charge in [0.15, 0.2) is 11.3 Å². The third-order valence-corrected chi connectivity index (χ3v) is 4.97. The van der Waals surface area contributed by atoms with Gasteiger partial charge in [0, 0.05) is 18.7 Å². The lowest BCUT2D eigenvalue weighted by Gasteiger charge is -2.31. The van der Waals surface area contributed by atoms with E-state index in [4.69, 9.17) is 5.73 Å². The minimum absolute atomic E-state index is 0.0637. The number of amides is 2. The number of carbonyl (C=O) groups excluding carboxylic acids is 2. The van der Waals surface area contributed by atoms with Crippen LogP contribution in [0.1, 0.15) is 40.7 Å². The highest BCUT2D eigenvalue weighted by Crippen LogP contribution is 2.24. The molecule has 0 unspecified atom stereocenters. The Hall–Kier alpha value is -3.22. The largest absolute Gasteiger partial charge is 0.364 e. The molecule has 1 saturated heterocycles. The van der Waals surface area contributed by atoms with Gasteiger partial charge < -0.3 is 10.6 Å². The number of nitrogens with two attached hydrogens (primary N) is 1. The smallest absolute Gasteiger partial charge is 0.271 e. The Labute approximate surface area is 156 Å². The first-order chi connectivity index (χ1) is 13.0. The van der Waals surface area contributed by atoms with Crippen LogP contribution in [-0.4, -0.2) is 44.2 Å². The molecule has 2 N–H and O–H groups in total. The van der Waals surface area contributed by atoms with Crippen LogP contribution in [0.15, 0.2) is 42.7 Å². The maximum atomic E-state index is 13.3. The minimum atomic E-state index is -0.666. The number of primary amides is 1. The number of piperidine rings is 1. The van der Waals surface area contributed by atoms with Gasteiger partial charge >= 0.3 is 0 Å². The van der Waals surface area contributed by atoms with E-state index in [2.05, 4.69) is 16.9 Å². The number of likely N-dealkylation sites (tertiary alicyclic amines) is 1. The first-order valence-electron chi connectivity index (χ1n) is 9.07. The zero-order chi connectivity index (χ0) is 19.0. The molecule has 4 rings (SSSR count). The lowest BCUT2D eigenvalue weighted by atomic mass is 10.00. The number of rotatable bonds is 3. The molecular weight excluding hydrogens is 342 g/mol. The fourth-order valence-electron chi connectivity index (χ4n) is 3.60. The summed E-state index contributed by atoms with van der Waals surface area (Å²) in [5.41, 5.74) is 7.72. The molecule has 0 radical (unpaired) electrons. The quantitative estimate of drug-likeness (QED) is 0.773. The monoisotopic (exact) mass is 363 g/mol. The van der Waals surface area contributed by atoms with Gasteiger partial charge in [-0.05, 0) is 24.8 Å². The zero-order valence-corrected chi connectivity index (χ0v) is 15.1. The number of nitrogens with zero attached hydrogens (tertiary/aromatic N) is 4. The molecule has 1 aliphatic rings. The van der Waals surface area contributed by atoms with E-state index >= 15 is 0 Å². The topological polar surface area (TPSA) is 93.6 Å². The van der Waals surface area contributed by atoms with Crippen LogP contribution in [0, 0.1) is 5.92 Å². The zero-order valence-electron chi connectivity index (χ0n) is 15.1. The van der Waals surface area contributed by atoms with Crippen molar-refractivity contribution in [3.8, 4) is 11.3 Å². The predicted octanol–water partition coefficient (Wildman–Crippen LogP) is 2.37. The van der Waals surface area contributed by atoms with Gasteiger partial charge in [0.25, 0.3) is 11.8 Å². The first kappa shape index (κ1) is 17.2. The van der Waals surface area contributed by atoms with Gasteiger partial charge in [-0.2, -0.15) is 0 Å². The average molecular weight is 363 g/mol. The van der Waals surface area contributed by atoms with Crippen molar-refractivity contribution in [2.45, 2.75) is 19.8 Å². The van der Waals surface area contributed by atoms with E-state index in [1.54, 1.807) is 10.5 Å².